The molecule has 2 heterocycles. The fourth-order valence-corrected chi connectivity index (χ4v) is 2.37. The third-order valence-corrected chi connectivity index (χ3v) is 3.47. The van der Waals surface area contributed by atoms with Crippen LogP contribution >= 0.6 is 0 Å². The van der Waals surface area contributed by atoms with Gasteiger partial charge in [0.25, 0.3) is 0 Å². The van der Waals surface area contributed by atoms with E-state index in [4.69, 9.17) is 4.42 Å². The first-order chi connectivity index (χ1) is 11.4. The standard InChI is InChI=1S/C19H13N3O/c1-2-6-15(7-3-1)13-22-14-17(20-21-22)10-11-18-12-16-8-4-5-9-19(16)23-18/h1-9,12,14H,13H2. The van der Waals surface area contributed by atoms with Gasteiger partial charge in [-0.2, -0.15) is 0 Å². The third-order valence-electron chi connectivity index (χ3n) is 3.47. The fraction of sp³-hybridized carbons (Fsp3) is 0.0526. The van der Waals surface area contributed by atoms with E-state index >= 15 is 0 Å². The molecular weight excluding hydrogens is 286 g/mol. The van der Waals surface area contributed by atoms with Crippen molar-refractivity contribution in [1.29, 1.82) is 0 Å². The summed E-state index contributed by atoms with van der Waals surface area (Å²) in [6.07, 6.45) is 1.84. The second kappa shape index (κ2) is 5.82. The molecule has 0 saturated carbocycles. The molecule has 4 rings (SSSR count). The van der Waals surface area contributed by atoms with E-state index in [9.17, 15) is 0 Å². The van der Waals surface area contributed by atoms with Crippen molar-refractivity contribution in [3.63, 3.8) is 0 Å². The van der Waals surface area contributed by atoms with Crippen molar-refractivity contribution in [2.24, 2.45) is 0 Å². The summed E-state index contributed by atoms with van der Waals surface area (Å²) in [5.74, 6) is 6.61. The number of rotatable bonds is 2. The van der Waals surface area contributed by atoms with Crippen LogP contribution in [-0.4, -0.2) is 15.0 Å². The zero-order chi connectivity index (χ0) is 15.5. The van der Waals surface area contributed by atoms with Crippen molar-refractivity contribution < 1.29 is 4.42 Å². The third kappa shape index (κ3) is 2.99. The molecule has 0 N–H and O–H groups in total. The van der Waals surface area contributed by atoms with Crippen molar-refractivity contribution in [3.8, 4) is 11.8 Å². The Morgan fingerprint density at radius 2 is 1.78 bits per heavy atom. The van der Waals surface area contributed by atoms with Gasteiger partial charge in [-0.3, -0.25) is 0 Å². The Kier molecular flexibility index (Phi) is 3.38. The predicted octanol–water partition coefficient (Wildman–Crippen LogP) is 3.47. The van der Waals surface area contributed by atoms with Crippen LogP contribution in [0.1, 0.15) is 17.0 Å². The molecule has 0 atom stereocenters. The molecule has 0 spiro atoms. The maximum atomic E-state index is 5.66. The number of furan rings is 1. The van der Waals surface area contributed by atoms with Crippen molar-refractivity contribution >= 4 is 11.0 Å². The van der Waals surface area contributed by atoms with Crippen molar-refractivity contribution in [2.45, 2.75) is 6.54 Å². The molecule has 0 aliphatic heterocycles. The van der Waals surface area contributed by atoms with Crippen LogP contribution in [-0.2, 0) is 6.54 Å². The molecule has 4 nitrogen and oxygen atoms in total. The molecule has 2 aromatic heterocycles. The molecule has 4 heteroatoms. The van der Waals surface area contributed by atoms with Crippen LogP contribution in [0.5, 0.6) is 0 Å². The molecular formula is C19H13N3O. The lowest BCUT2D eigenvalue weighted by atomic mass is 10.2. The molecule has 110 valence electrons. The van der Waals surface area contributed by atoms with Crippen LogP contribution in [0.4, 0.5) is 0 Å². The zero-order valence-electron chi connectivity index (χ0n) is 12.3. The SMILES string of the molecule is C(#Cc1cc2ccccc2o1)c1cn(Cc2ccccc2)nn1. The highest BCUT2D eigenvalue weighted by Crippen LogP contribution is 2.17. The largest absolute Gasteiger partial charge is 0.448 e. The Labute approximate surface area is 133 Å². The van der Waals surface area contributed by atoms with E-state index in [2.05, 4.69) is 34.3 Å². The lowest BCUT2D eigenvalue weighted by molar-refractivity contribution is 0.601. The molecule has 0 unspecified atom stereocenters. The van der Waals surface area contributed by atoms with Gasteiger partial charge in [0.15, 0.2) is 11.5 Å². The number of para-hydroxylation sites is 1. The first-order valence-corrected chi connectivity index (χ1v) is 7.31. The van der Waals surface area contributed by atoms with Gasteiger partial charge in [0.1, 0.15) is 5.58 Å². The van der Waals surface area contributed by atoms with Crippen LogP contribution in [0.3, 0.4) is 0 Å². The number of nitrogens with zero attached hydrogens (tertiary/aromatic N) is 3. The first kappa shape index (κ1) is 13.4. The normalized spacial score (nSPS) is 10.4. The van der Waals surface area contributed by atoms with Crippen LogP contribution in [0.25, 0.3) is 11.0 Å². The van der Waals surface area contributed by atoms with Gasteiger partial charge in [-0.05, 0) is 23.5 Å². The number of fused-ring (bicyclic) bond motifs is 1. The predicted molar refractivity (Wildman–Crippen MR) is 87.8 cm³/mol. The van der Waals surface area contributed by atoms with E-state index in [-0.39, 0.29) is 0 Å². The maximum absolute atomic E-state index is 5.66. The maximum Gasteiger partial charge on any atom is 0.178 e. The molecule has 2 aromatic carbocycles. The lowest BCUT2D eigenvalue weighted by Crippen LogP contribution is -1.99. The van der Waals surface area contributed by atoms with Gasteiger partial charge in [-0.1, -0.05) is 53.7 Å². The molecule has 0 amide bonds. The van der Waals surface area contributed by atoms with Gasteiger partial charge in [0.05, 0.1) is 12.7 Å². The minimum absolute atomic E-state index is 0.626. The lowest BCUT2D eigenvalue weighted by Gasteiger charge is -1.98. The summed E-state index contributed by atoms with van der Waals surface area (Å²) in [7, 11) is 0. The summed E-state index contributed by atoms with van der Waals surface area (Å²) in [5.41, 5.74) is 2.64. The summed E-state index contributed by atoms with van der Waals surface area (Å²) in [6, 6.07) is 19.9. The van der Waals surface area contributed by atoms with Gasteiger partial charge in [0.2, 0.25) is 0 Å². The van der Waals surface area contributed by atoms with E-state index < -0.39 is 0 Å². The highest BCUT2D eigenvalue weighted by Gasteiger charge is 2.01. The second-order valence-corrected chi connectivity index (χ2v) is 5.19. The van der Waals surface area contributed by atoms with Crippen LogP contribution in [0.2, 0.25) is 0 Å². The number of hydrogen-bond acceptors (Lipinski definition) is 3. The van der Waals surface area contributed by atoms with Crippen LogP contribution < -0.4 is 0 Å². The van der Waals surface area contributed by atoms with E-state index in [1.807, 2.05) is 54.7 Å². The Hall–Kier alpha value is -3.32. The van der Waals surface area contributed by atoms with E-state index in [1.165, 1.54) is 5.56 Å². The molecule has 0 aliphatic rings. The van der Waals surface area contributed by atoms with Gasteiger partial charge < -0.3 is 4.42 Å². The second-order valence-electron chi connectivity index (χ2n) is 5.19. The Morgan fingerprint density at radius 1 is 0.957 bits per heavy atom. The minimum Gasteiger partial charge on any atom is -0.448 e. The summed E-state index contributed by atoms with van der Waals surface area (Å²) < 4.78 is 7.44. The monoisotopic (exact) mass is 299 g/mol. The number of hydrogen-bond donors (Lipinski definition) is 0. The van der Waals surface area contributed by atoms with E-state index in [0.717, 1.165) is 11.0 Å². The van der Waals surface area contributed by atoms with Gasteiger partial charge in [0, 0.05) is 11.5 Å². The van der Waals surface area contributed by atoms with Gasteiger partial charge >= 0.3 is 0 Å². The molecule has 23 heavy (non-hydrogen) atoms. The Bertz CT molecular complexity index is 970. The van der Waals surface area contributed by atoms with Crippen LogP contribution in [0.15, 0.2) is 71.3 Å². The minimum atomic E-state index is 0.626. The molecule has 0 bridgehead atoms. The molecule has 4 aromatic rings. The number of aromatic nitrogens is 3. The van der Waals surface area contributed by atoms with E-state index in [0.29, 0.717) is 18.0 Å². The van der Waals surface area contributed by atoms with Gasteiger partial charge in [-0.15, -0.1) is 5.10 Å². The smallest absolute Gasteiger partial charge is 0.178 e. The molecule has 0 radical (unpaired) electrons. The average Bonchev–Trinajstić information content (AvgIpc) is 3.20. The summed E-state index contributed by atoms with van der Waals surface area (Å²) >= 11 is 0. The zero-order valence-corrected chi connectivity index (χ0v) is 12.3. The van der Waals surface area contributed by atoms with Crippen molar-refractivity contribution in [2.75, 3.05) is 0 Å². The topological polar surface area (TPSA) is 43.9 Å². The molecule has 0 fully saturated rings. The Morgan fingerprint density at radius 3 is 2.65 bits per heavy atom. The first-order valence-electron chi connectivity index (χ1n) is 7.31. The highest BCUT2D eigenvalue weighted by atomic mass is 16.3. The van der Waals surface area contributed by atoms with Crippen molar-refractivity contribution in [1.82, 2.24) is 15.0 Å². The summed E-state index contributed by atoms with van der Waals surface area (Å²) in [6.45, 7) is 0.681. The summed E-state index contributed by atoms with van der Waals surface area (Å²) in [5, 5.41) is 9.22. The molecule has 0 saturated heterocycles. The Balaban J connectivity index is 1.54. The van der Waals surface area contributed by atoms with Crippen molar-refractivity contribution in [3.05, 3.63) is 83.9 Å². The van der Waals surface area contributed by atoms with E-state index in [1.54, 1.807) is 4.68 Å². The van der Waals surface area contributed by atoms with Crippen LogP contribution in [0, 0.1) is 11.8 Å². The van der Waals surface area contributed by atoms with Gasteiger partial charge in [-0.25, -0.2) is 4.68 Å². The number of benzene rings is 2. The average molecular weight is 299 g/mol. The summed E-state index contributed by atoms with van der Waals surface area (Å²) in [4.78, 5) is 0. The highest BCUT2D eigenvalue weighted by molar-refractivity contribution is 5.78. The fourth-order valence-electron chi connectivity index (χ4n) is 2.37. The quantitative estimate of drug-likeness (QED) is 0.532. The molecule has 0 aliphatic carbocycles.